The Morgan fingerprint density at radius 3 is 1.52 bits per heavy atom. The van der Waals surface area contributed by atoms with Gasteiger partial charge in [-0.3, -0.25) is 0 Å². The summed E-state index contributed by atoms with van der Waals surface area (Å²) in [4.78, 5) is 4.59. The molecule has 0 aliphatic heterocycles. The fourth-order valence-electron chi connectivity index (χ4n) is 2.22. The van der Waals surface area contributed by atoms with Gasteiger partial charge in [0.25, 0.3) is 0 Å². The average Bonchev–Trinajstić information content (AvgIpc) is 2.49. The van der Waals surface area contributed by atoms with E-state index in [1.807, 2.05) is 0 Å². The van der Waals surface area contributed by atoms with Crippen LogP contribution < -0.4 is 0 Å². The van der Waals surface area contributed by atoms with Crippen molar-refractivity contribution in [2.24, 2.45) is 0 Å². The molecule has 0 amide bonds. The Labute approximate surface area is 158 Å². The minimum Gasteiger partial charge on any atom is -0.246 e. The molecule has 0 radical (unpaired) electrons. The van der Waals surface area contributed by atoms with E-state index in [0.29, 0.717) is 47.6 Å². The number of aromatic nitrogens is 1. The second-order valence-corrected chi connectivity index (χ2v) is 6.76. The topological polar surface area (TPSA) is 12.9 Å². The Kier molecular flexibility index (Phi) is 5.05. The highest BCUT2D eigenvalue weighted by molar-refractivity contribution is 6.41. The first-order valence-electron chi connectivity index (χ1n) is 6.54. The van der Waals surface area contributed by atoms with Crippen LogP contribution in [0.15, 0.2) is 48.5 Å². The summed E-state index contributed by atoms with van der Waals surface area (Å²) >= 11 is 31.3. The van der Waals surface area contributed by atoms with Gasteiger partial charge in [0.1, 0.15) is 0 Å². The predicted molar refractivity (Wildman–Crippen MR) is 100 cm³/mol. The summed E-state index contributed by atoms with van der Waals surface area (Å²) in [5.74, 6) is 0. The maximum atomic E-state index is 6.30. The highest BCUT2D eigenvalue weighted by Crippen LogP contribution is 2.40. The van der Waals surface area contributed by atoms with Gasteiger partial charge in [-0.1, -0.05) is 70.1 Å². The molecule has 1 aromatic heterocycles. The zero-order valence-electron chi connectivity index (χ0n) is 11.5. The standard InChI is InChI=1S/C17H8Cl5N/c18-9-3-1-4-10(19)15(9)14-8-7-13(22)17(23-14)16-11(20)5-2-6-12(16)21/h1-8H. The minimum atomic E-state index is 0.437. The van der Waals surface area contributed by atoms with E-state index in [1.165, 1.54) is 0 Å². The van der Waals surface area contributed by atoms with Crippen molar-refractivity contribution in [1.82, 2.24) is 4.98 Å². The third-order valence-corrected chi connectivity index (χ3v) is 4.83. The van der Waals surface area contributed by atoms with Crippen LogP contribution in [-0.4, -0.2) is 4.98 Å². The molecular weight excluding hydrogens is 395 g/mol. The molecule has 0 aliphatic carbocycles. The highest BCUT2D eigenvalue weighted by atomic mass is 35.5. The highest BCUT2D eigenvalue weighted by Gasteiger charge is 2.17. The Hall–Kier alpha value is -0.960. The van der Waals surface area contributed by atoms with E-state index in [0.717, 1.165) is 0 Å². The predicted octanol–water partition coefficient (Wildman–Crippen LogP) is 7.68. The van der Waals surface area contributed by atoms with Gasteiger partial charge in [-0.25, -0.2) is 4.98 Å². The number of hydrogen-bond donors (Lipinski definition) is 0. The van der Waals surface area contributed by atoms with E-state index in [2.05, 4.69) is 4.98 Å². The molecular formula is C17H8Cl5N. The summed E-state index contributed by atoms with van der Waals surface area (Å²) in [5.41, 5.74) is 2.29. The van der Waals surface area contributed by atoms with Gasteiger partial charge in [0.15, 0.2) is 0 Å². The third kappa shape index (κ3) is 3.31. The molecule has 23 heavy (non-hydrogen) atoms. The van der Waals surface area contributed by atoms with E-state index in [4.69, 9.17) is 58.0 Å². The third-order valence-electron chi connectivity index (χ3n) is 3.26. The smallest absolute Gasteiger partial charge is 0.0925 e. The van der Waals surface area contributed by atoms with Gasteiger partial charge in [0.2, 0.25) is 0 Å². The van der Waals surface area contributed by atoms with Gasteiger partial charge < -0.3 is 0 Å². The molecule has 0 aliphatic rings. The molecule has 3 rings (SSSR count). The molecule has 3 aromatic rings. The van der Waals surface area contributed by atoms with Crippen molar-refractivity contribution in [3.05, 3.63) is 73.6 Å². The van der Waals surface area contributed by atoms with E-state index in [1.54, 1.807) is 48.5 Å². The van der Waals surface area contributed by atoms with Crippen LogP contribution in [0.3, 0.4) is 0 Å². The quantitative estimate of drug-likeness (QED) is 0.427. The zero-order valence-corrected chi connectivity index (χ0v) is 15.2. The fourth-order valence-corrected chi connectivity index (χ4v) is 3.59. The van der Waals surface area contributed by atoms with Gasteiger partial charge in [-0.2, -0.15) is 0 Å². The van der Waals surface area contributed by atoms with Gasteiger partial charge >= 0.3 is 0 Å². The van der Waals surface area contributed by atoms with Crippen LogP contribution >= 0.6 is 58.0 Å². The van der Waals surface area contributed by atoms with E-state index >= 15 is 0 Å². The molecule has 116 valence electrons. The number of nitrogens with zero attached hydrogens (tertiary/aromatic N) is 1. The SMILES string of the molecule is Clc1ccc(-c2c(Cl)cccc2Cl)nc1-c1c(Cl)cccc1Cl. The second kappa shape index (κ2) is 6.88. The molecule has 1 heterocycles. The number of hydrogen-bond acceptors (Lipinski definition) is 1. The van der Waals surface area contributed by atoms with Crippen LogP contribution in [0.25, 0.3) is 22.5 Å². The molecule has 0 saturated carbocycles. The number of rotatable bonds is 2. The molecule has 0 atom stereocenters. The lowest BCUT2D eigenvalue weighted by Gasteiger charge is -2.12. The Bertz CT molecular complexity index is 852. The average molecular weight is 404 g/mol. The summed E-state index contributed by atoms with van der Waals surface area (Å²) in [6, 6.07) is 14.0. The summed E-state index contributed by atoms with van der Waals surface area (Å²) in [5, 5.41) is 2.38. The normalized spacial score (nSPS) is 10.8. The van der Waals surface area contributed by atoms with Crippen molar-refractivity contribution in [3.8, 4) is 22.5 Å². The number of benzene rings is 2. The second-order valence-electron chi connectivity index (χ2n) is 4.72. The molecule has 1 nitrogen and oxygen atoms in total. The van der Waals surface area contributed by atoms with Gasteiger partial charge in [-0.05, 0) is 36.4 Å². The zero-order chi connectivity index (χ0) is 16.6. The van der Waals surface area contributed by atoms with Crippen molar-refractivity contribution in [2.75, 3.05) is 0 Å². The van der Waals surface area contributed by atoms with Crippen LogP contribution in [0.5, 0.6) is 0 Å². The van der Waals surface area contributed by atoms with Gasteiger partial charge in [0.05, 0.1) is 36.5 Å². The molecule has 0 unspecified atom stereocenters. The van der Waals surface area contributed by atoms with Crippen molar-refractivity contribution >= 4 is 58.0 Å². The summed E-state index contributed by atoms with van der Waals surface area (Å²) in [6.45, 7) is 0. The van der Waals surface area contributed by atoms with Crippen LogP contribution in [0, 0.1) is 0 Å². The molecule has 0 N–H and O–H groups in total. The molecule has 0 saturated heterocycles. The van der Waals surface area contributed by atoms with E-state index in [9.17, 15) is 0 Å². The summed E-state index contributed by atoms with van der Waals surface area (Å²) in [7, 11) is 0. The van der Waals surface area contributed by atoms with Crippen molar-refractivity contribution in [1.29, 1.82) is 0 Å². The van der Waals surface area contributed by atoms with Crippen molar-refractivity contribution in [3.63, 3.8) is 0 Å². The van der Waals surface area contributed by atoms with Crippen molar-refractivity contribution < 1.29 is 0 Å². The van der Waals surface area contributed by atoms with Crippen LogP contribution in [-0.2, 0) is 0 Å². The first-order valence-corrected chi connectivity index (χ1v) is 8.43. The first kappa shape index (κ1) is 16.9. The van der Waals surface area contributed by atoms with Gasteiger partial charge in [-0.15, -0.1) is 0 Å². The van der Waals surface area contributed by atoms with E-state index in [-0.39, 0.29) is 0 Å². The van der Waals surface area contributed by atoms with E-state index < -0.39 is 0 Å². The molecule has 2 aromatic carbocycles. The van der Waals surface area contributed by atoms with Crippen molar-refractivity contribution in [2.45, 2.75) is 0 Å². The number of halogens is 5. The Morgan fingerprint density at radius 2 is 1.00 bits per heavy atom. The maximum Gasteiger partial charge on any atom is 0.0925 e. The fraction of sp³-hybridized carbons (Fsp3) is 0. The molecule has 6 heteroatoms. The summed E-state index contributed by atoms with van der Waals surface area (Å²) < 4.78 is 0. The first-order chi connectivity index (χ1) is 11.0. The largest absolute Gasteiger partial charge is 0.246 e. The Morgan fingerprint density at radius 1 is 0.522 bits per heavy atom. The van der Waals surface area contributed by atoms with Crippen LogP contribution in [0.1, 0.15) is 0 Å². The lowest BCUT2D eigenvalue weighted by atomic mass is 10.1. The van der Waals surface area contributed by atoms with Gasteiger partial charge in [0, 0.05) is 11.1 Å². The maximum absolute atomic E-state index is 6.30. The number of pyridine rings is 1. The van der Waals surface area contributed by atoms with Crippen LogP contribution in [0.2, 0.25) is 25.1 Å². The lowest BCUT2D eigenvalue weighted by Crippen LogP contribution is -1.92. The monoisotopic (exact) mass is 401 g/mol. The summed E-state index contributed by atoms with van der Waals surface area (Å²) in [6.07, 6.45) is 0. The Balaban J connectivity index is 2.26. The lowest BCUT2D eigenvalue weighted by molar-refractivity contribution is 1.32. The molecule has 0 fully saturated rings. The molecule has 0 spiro atoms. The molecule has 0 bridgehead atoms. The minimum absolute atomic E-state index is 0.437. The van der Waals surface area contributed by atoms with Crippen LogP contribution in [0.4, 0.5) is 0 Å².